The summed E-state index contributed by atoms with van der Waals surface area (Å²) in [4.78, 5) is 12.0. The van der Waals surface area contributed by atoms with Crippen LogP contribution in [0.25, 0.3) is 0 Å². The normalized spacial score (nSPS) is 17.8. The largest absolute Gasteiger partial charge is 0.468 e. The molecule has 1 saturated carbocycles. The van der Waals surface area contributed by atoms with Crippen LogP contribution >= 0.6 is 11.8 Å². The zero-order chi connectivity index (χ0) is 14.6. The van der Waals surface area contributed by atoms with Crippen molar-refractivity contribution in [2.75, 3.05) is 12.9 Å². The number of carbonyl (C=O) groups excluding carboxylic acids is 1. The summed E-state index contributed by atoms with van der Waals surface area (Å²) in [5.41, 5.74) is -0.573. The quantitative estimate of drug-likeness (QED) is 0.444. The molecule has 1 fully saturated rings. The maximum atomic E-state index is 12.0. The van der Waals surface area contributed by atoms with E-state index in [9.17, 15) is 4.79 Å². The van der Waals surface area contributed by atoms with Crippen LogP contribution in [0, 0.1) is 0 Å². The van der Waals surface area contributed by atoms with Crippen molar-refractivity contribution in [3.8, 4) is 0 Å². The van der Waals surface area contributed by atoms with E-state index in [4.69, 9.17) is 4.74 Å². The average Bonchev–Trinajstić information content (AvgIpc) is 3.14. The minimum atomic E-state index is -0.573. The molecule has 112 valence electrons. The molecule has 1 aromatic heterocycles. The first-order chi connectivity index (χ1) is 9.55. The van der Waals surface area contributed by atoms with E-state index in [-0.39, 0.29) is 5.97 Å². The molecule has 0 aromatic carbocycles. The molecule has 1 aliphatic rings. The molecule has 0 radical (unpaired) electrons. The van der Waals surface area contributed by atoms with E-state index < -0.39 is 5.54 Å². The van der Waals surface area contributed by atoms with Gasteiger partial charge in [-0.05, 0) is 32.6 Å². The smallest absolute Gasteiger partial charge is 0.325 e. The number of esters is 1. The molecule has 1 unspecified atom stereocenters. The van der Waals surface area contributed by atoms with Gasteiger partial charge in [-0.15, -0.1) is 10.2 Å². The Labute approximate surface area is 123 Å². The van der Waals surface area contributed by atoms with E-state index in [2.05, 4.69) is 15.5 Å². The van der Waals surface area contributed by atoms with E-state index in [1.165, 1.54) is 7.11 Å². The molecule has 0 saturated heterocycles. The van der Waals surface area contributed by atoms with Crippen LogP contribution in [0.15, 0.2) is 11.5 Å². The Hall–Kier alpha value is -1.08. The van der Waals surface area contributed by atoms with Gasteiger partial charge in [-0.1, -0.05) is 11.8 Å². The van der Waals surface area contributed by atoms with E-state index in [1.807, 2.05) is 18.5 Å². The summed E-state index contributed by atoms with van der Waals surface area (Å²) in [6, 6.07) is 0.477. The highest BCUT2D eigenvalue weighted by molar-refractivity contribution is 7.99. The number of rotatable bonds is 8. The lowest BCUT2D eigenvalue weighted by Crippen LogP contribution is -2.51. The number of ether oxygens (including phenoxy) is 1. The number of hydrogen-bond acceptors (Lipinski definition) is 6. The first-order valence-electron chi connectivity index (χ1n) is 6.88. The second-order valence-corrected chi connectivity index (χ2v) is 6.48. The van der Waals surface area contributed by atoms with Crippen LogP contribution < -0.4 is 5.32 Å². The summed E-state index contributed by atoms with van der Waals surface area (Å²) >= 11 is 1.66. The van der Waals surface area contributed by atoms with Gasteiger partial charge in [-0.3, -0.25) is 10.1 Å². The van der Waals surface area contributed by atoms with Gasteiger partial charge in [0.25, 0.3) is 0 Å². The lowest BCUT2D eigenvalue weighted by molar-refractivity contribution is -0.148. The molecule has 0 amide bonds. The van der Waals surface area contributed by atoms with Gasteiger partial charge >= 0.3 is 5.97 Å². The molecule has 1 heterocycles. The average molecular weight is 298 g/mol. The fourth-order valence-corrected chi connectivity index (χ4v) is 2.96. The van der Waals surface area contributed by atoms with Crippen molar-refractivity contribution < 1.29 is 9.53 Å². The van der Waals surface area contributed by atoms with E-state index in [0.29, 0.717) is 6.04 Å². The van der Waals surface area contributed by atoms with Gasteiger partial charge in [0.1, 0.15) is 11.9 Å². The number of nitrogens with zero attached hydrogens (tertiary/aromatic N) is 3. The number of carbonyl (C=O) groups is 1. The Balaban J connectivity index is 1.79. The molecule has 0 aliphatic heterocycles. The maximum Gasteiger partial charge on any atom is 0.325 e. The summed E-state index contributed by atoms with van der Waals surface area (Å²) in [5.74, 6) is 0.735. The highest BCUT2D eigenvalue weighted by Crippen LogP contribution is 2.26. The fraction of sp³-hybridized carbons (Fsp3) is 0.769. The summed E-state index contributed by atoms with van der Waals surface area (Å²) in [6.45, 7) is 1.93. The van der Waals surface area contributed by atoms with Crippen LogP contribution in [-0.2, 0) is 16.6 Å². The molecule has 1 aliphatic carbocycles. The molecule has 1 N–H and O–H groups in total. The van der Waals surface area contributed by atoms with Gasteiger partial charge in [0.2, 0.25) is 0 Å². The summed E-state index contributed by atoms with van der Waals surface area (Å²) in [7, 11) is 3.37. The summed E-state index contributed by atoms with van der Waals surface area (Å²) in [5, 5.41) is 12.2. The lowest BCUT2D eigenvalue weighted by Gasteiger charge is -2.28. The highest BCUT2D eigenvalue weighted by Gasteiger charge is 2.38. The van der Waals surface area contributed by atoms with Crippen molar-refractivity contribution in [3.05, 3.63) is 6.33 Å². The molecule has 1 aromatic rings. The first-order valence-corrected chi connectivity index (χ1v) is 7.86. The second kappa shape index (κ2) is 6.58. The first kappa shape index (κ1) is 15.3. The Kier molecular flexibility index (Phi) is 5.04. The van der Waals surface area contributed by atoms with Gasteiger partial charge in [-0.2, -0.15) is 0 Å². The monoisotopic (exact) mass is 298 g/mol. The minimum Gasteiger partial charge on any atom is -0.468 e. The number of nitrogens with one attached hydrogen (secondary N) is 1. The maximum absolute atomic E-state index is 12.0. The minimum absolute atomic E-state index is 0.173. The number of aromatic nitrogens is 3. The topological polar surface area (TPSA) is 69.0 Å². The van der Waals surface area contributed by atoms with Gasteiger partial charge in [-0.25, -0.2) is 0 Å². The number of thioether (sulfide) groups is 1. The van der Waals surface area contributed by atoms with Crippen LogP contribution in [0.2, 0.25) is 0 Å². The van der Waals surface area contributed by atoms with Gasteiger partial charge in [0, 0.05) is 18.8 Å². The predicted molar refractivity (Wildman–Crippen MR) is 77.5 cm³/mol. The Morgan fingerprint density at radius 1 is 1.65 bits per heavy atom. The zero-order valence-electron chi connectivity index (χ0n) is 12.3. The summed E-state index contributed by atoms with van der Waals surface area (Å²) in [6.07, 6.45) is 5.68. The Morgan fingerprint density at radius 2 is 2.40 bits per heavy atom. The SMILES string of the molecule is COC(=O)C(C)(CCCSc1nncn1C)NC1CC1. The second-order valence-electron chi connectivity index (χ2n) is 5.42. The van der Waals surface area contributed by atoms with Crippen molar-refractivity contribution >= 4 is 17.7 Å². The Bertz CT molecular complexity index is 461. The fourth-order valence-electron chi connectivity index (χ4n) is 2.13. The zero-order valence-corrected chi connectivity index (χ0v) is 13.1. The van der Waals surface area contributed by atoms with Crippen LogP contribution in [-0.4, -0.2) is 45.2 Å². The van der Waals surface area contributed by atoms with E-state index in [1.54, 1.807) is 18.1 Å². The van der Waals surface area contributed by atoms with Gasteiger partial charge in [0.15, 0.2) is 5.16 Å². The predicted octanol–water partition coefficient (Wildman–Crippen LogP) is 1.37. The van der Waals surface area contributed by atoms with Crippen LogP contribution in [0.3, 0.4) is 0 Å². The lowest BCUT2D eigenvalue weighted by atomic mass is 9.96. The van der Waals surface area contributed by atoms with Crippen LogP contribution in [0.4, 0.5) is 0 Å². The third-order valence-corrected chi connectivity index (χ3v) is 4.58. The molecule has 0 spiro atoms. The molecule has 2 rings (SSSR count). The number of methoxy groups -OCH3 is 1. The molecule has 1 atom stereocenters. The molecule has 20 heavy (non-hydrogen) atoms. The standard InChI is InChI=1S/C13H22N4O2S/c1-13(11(18)19-3,15-10-5-6-10)7-4-8-20-12-16-14-9-17(12)2/h9-10,15H,4-8H2,1-3H3. The summed E-state index contributed by atoms with van der Waals surface area (Å²) < 4.78 is 6.83. The van der Waals surface area contributed by atoms with Crippen LogP contribution in [0.5, 0.6) is 0 Å². The van der Waals surface area contributed by atoms with Gasteiger partial charge in [0.05, 0.1) is 7.11 Å². The number of hydrogen-bond donors (Lipinski definition) is 1. The third-order valence-electron chi connectivity index (χ3n) is 3.46. The number of aryl methyl sites for hydroxylation is 1. The third kappa shape index (κ3) is 3.96. The molecular weight excluding hydrogens is 276 g/mol. The molecule has 7 heteroatoms. The van der Waals surface area contributed by atoms with Crippen molar-refractivity contribution in [2.45, 2.75) is 49.3 Å². The van der Waals surface area contributed by atoms with E-state index in [0.717, 1.165) is 36.6 Å². The molecule has 6 nitrogen and oxygen atoms in total. The van der Waals surface area contributed by atoms with Crippen molar-refractivity contribution in [1.82, 2.24) is 20.1 Å². The molecule has 0 bridgehead atoms. The highest BCUT2D eigenvalue weighted by atomic mass is 32.2. The Morgan fingerprint density at radius 3 is 2.95 bits per heavy atom. The van der Waals surface area contributed by atoms with Crippen molar-refractivity contribution in [1.29, 1.82) is 0 Å². The van der Waals surface area contributed by atoms with Crippen molar-refractivity contribution in [3.63, 3.8) is 0 Å². The van der Waals surface area contributed by atoms with Gasteiger partial charge < -0.3 is 9.30 Å². The van der Waals surface area contributed by atoms with Crippen molar-refractivity contribution in [2.24, 2.45) is 7.05 Å². The van der Waals surface area contributed by atoms with E-state index >= 15 is 0 Å². The van der Waals surface area contributed by atoms with Crippen LogP contribution in [0.1, 0.15) is 32.6 Å². The molecular formula is C13H22N4O2S.